The number of anilines is 1. The minimum atomic E-state index is -0.207. The molecule has 3 N–H and O–H groups in total. The van der Waals surface area contributed by atoms with Crippen LogP contribution >= 0.6 is 0 Å². The Bertz CT molecular complexity index is 636. The molecule has 1 aliphatic carbocycles. The van der Waals surface area contributed by atoms with Gasteiger partial charge in [-0.25, -0.2) is 9.78 Å². The van der Waals surface area contributed by atoms with Gasteiger partial charge in [0.1, 0.15) is 0 Å². The van der Waals surface area contributed by atoms with Crippen LogP contribution in [0.3, 0.4) is 0 Å². The molecule has 104 valence electrons. The molecule has 0 bridgehead atoms. The molecule has 0 unspecified atom stereocenters. The lowest BCUT2D eigenvalue weighted by Gasteiger charge is -2.13. The topological polar surface area (TPSA) is 69.8 Å². The lowest BCUT2D eigenvalue weighted by Crippen LogP contribution is -2.24. The first-order valence-electron chi connectivity index (χ1n) is 7.00. The highest BCUT2D eigenvalue weighted by Gasteiger charge is 2.06. The standard InChI is InChI=1S/C15H18N4O/c20-15(16-9-11-4-2-1-3-5-11)19-12-6-7-13-14(8-12)18-10-17-13/h6-10H,1-5H2,(H,17,18)(H2,16,19,20). The highest BCUT2D eigenvalue weighted by atomic mass is 16.2. The lowest BCUT2D eigenvalue weighted by atomic mass is 9.96. The van der Waals surface area contributed by atoms with Gasteiger partial charge in [0.2, 0.25) is 0 Å². The molecule has 1 fully saturated rings. The lowest BCUT2D eigenvalue weighted by molar-refractivity contribution is 0.255. The maximum Gasteiger partial charge on any atom is 0.323 e. The van der Waals surface area contributed by atoms with E-state index < -0.39 is 0 Å². The highest BCUT2D eigenvalue weighted by Crippen LogP contribution is 2.21. The molecule has 5 nitrogen and oxygen atoms in total. The van der Waals surface area contributed by atoms with E-state index in [1.807, 2.05) is 24.4 Å². The van der Waals surface area contributed by atoms with Gasteiger partial charge in [-0.2, -0.15) is 0 Å². The number of carbonyl (C=O) groups excluding carboxylic acids is 1. The molecular weight excluding hydrogens is 252 g/mol. The van der Waals surface area contributed by atoms with E-state index in [1.54, 1.807) is 6.33 Å². The molecule has 0 aliphatic heterocycles. The zero-order valence-corrected chi connectivity index (χ0v) is 11.3. The van der Waals surface area contributed by atoms with Crippen LogP contribution < -0.4 is 10.6 Å². The van der Waals surface area contributed by atoms with E-state index in [2.05, 4.69) is 20.6 Å². The number of amides is 2. The summed E-state index contributed by atoms with van der Waals surface area (Å²) in [6.45, 7) is 0. The van der Waals surface area contributed by atoms with Crippen LogP contribution in [0.4, 0.5) is 10.5 Å². The van der Waals surface area contributed by atoms with Crippen LogP contribution in [0.15, 0.2) is 36.3 Å². The predicted octanol–water partition coefficient (Wildman–Crippen LogP) is 3.53. The molecular formula is C15H18N4O. The fourth-order valence-electron chi connectivity index (χ4n) is 2.50. The van der Waals surface area contributed by atoms with Gasteiger partial charge in [0, 0.05) is 11.9 Å². The van der Waals surface area contributed by atoms with Crippen molar-refractivity contribution in [2.75, 3.05) is 5.32 Å². The van der Waals surface area contributed by atoms with E-state index in [-0.39, 0.29) is 6.03 Å². The van der Waals surface area contributed by atoms with E-state index >= 15 is 0 Å². The van der Waals surface area contributed by atoms with Crippen LogP contribution in [0.2, 0.25) is 0 Å². The Hall–Kier alpha value is -2.30. The van der Waals surface area contributed by atoms with Crippen LogP contribution in [0.1, 0.15) is 32.1 Å². The highest BCUT2D eigenvalue weighted by molar-refractivity contribution is 5.92. The van der Waals surface area contributed by atoms with Gasteiger partial charge in [0.25, 0.3) is 0 Å². The SMILES string of the molecule is O=C(NC=C1CCCCC1)Nc1ccc2nc[nH]c2c1. The Morgan fingerprint density at radius 1 is 1.25 bits per heavy atom. The second-order valence-electron chi connectivity index (χ2n) is 5.10. The van der Waals surface area contributed by atoms with Gasteiger partial charge >= 0.3 is 6.03 Å². The summed E-state index contributed by atoms with van der Waals surface area (Å²) in [7, 11) is 0. The number of aromatic amines is 1. The summed E-state index contributed by atoms with van der Waals surface area (Å²) in [4.78, 5) is 19.0. The molecule has 2 aromatic rings. The third kappa shape index (κ3) is 2.99. The number of H-pyrrole nitrogens is 1. The number of imidazole rings is 1. The van der Waals surface area contributed by atoms with Crippen LogP contribution in [0.5, 0.6) is 0 Å². The Labute approximate surface area is 117 Å². The van der Waals surface area contributed by atoms with Gasteiger partial charge in [-0.15, -0.1) is 0 Å². The van der Waals surface area contributed by atoms with Gasteiger partial charge in [0.05, 0.1) is 17.4 Å². The first kappa shape index (κ1) is 12.7. The number of carbonyl (C=O) groups is 1. The van der Waals surface area contributed by atoms with Crippen molar-refractivity contribution in [2.45, 2.75) is 32.1 Å². The van der Waals surface area contributed by atoms with Gasteiger partial charge in [0.15, 0.2) is 0 Å². The summed E-state index contributed by atoms with van der Waals surface area (Å²) in [5.41, 5.74) is 3.88. The first-order valence-corrected chi connectivity index (χ1v) is 7.00. The number of rotatable bonds is 2. The number of benzene rings is 1. The van der Waals surface area contributed by atoms with Crippen molar-refractivity contribution in [3.8, 4) is 0 Å². The average molecular weight is 270 g/mol. The van der Waals surface area contributed by atoms with Crippen molar-refractivity contribution < 1.29 is 4.79 Å². The zero-order valence-electron chi connectivity index (χ0n) is 11.3. The Balaban J connectivity index is 1.60. The molecule has 0 radical (unpaired) electrons. The third-order valence-electron chi connectivity index (χ3n) is 3.58. The molecule has 1 aliphatic rings. The summed E-state index contributed by atoms with van der Waals surface area (Å²) < 4.78 is 0. The van der Waals surface area contributed by atoms with E-state index in [0.717, 1.165) is 29.6 Å². The summed E-state index contributed by atoms with van der Waals surface area (Å²) in [5.74, 6) is 0. The van der Waals surface area contributed by atoms with Crippen molar-refractivity contribution in [2.24, 2.45) is 0 Å². The van der Waals surface area contributed by atoms with Gasteiger partial charge in [-0.05, 0) is 43.9 Å². The number of fused-ring (bicyclic) bond motifs is 1. The molecule has 0 atom stereocenters. The molecule has 20 heavy (non-hydrogen) atoms. The van der Waals surface area contributed by atoms with Crippen molar-refractivity contribution in [1.82, 2.24) is 15.3 Å². The second-order valence-corrected chi connectivity index (χ2v) is 5.10. The predicted molar refractivity (Wildman–Crippen MR) is 79.4 cm³/mol. The van der Waals surface area contributed by atoms with Gasteiger partial charge in [-0.1, -0.05) is 12.0 Å². The van der Waals surface area contributed by atoms with E-state index in [0.29, 0.717) is 0 Å². The number of aromatic nitrogens is 2. The van der Waals surface area contributed by atoms with Crippen LogP contribution in [0, 0.1) is 0 Å². The first-order chi connectivity index (χ1) is 9.81. The molecule has 0 spiro atoms. The van der Waals surface area contributed by atoms with Crippen molar-refractivity contribution in [3.05, 3.63) is 36.3 Å². The maximum absolute atomic E-state index is 11.8. The van der Waals surface area contributed by atoms with E-state index in [9.17, 15) is 4.79 Å². The van der Waals surface area contributed by atoms with Crippen molar-refractivity contribution in [3.63, 3.8) is 0 Å². The second kappa shape index (κ2) is 5.77. The third-order valence-corrected chi connectivity index (χ3v) is 3.58. The Kier molecular flexibility index (Phi) is 3.67. The minimum absolute atomic E-state index is 0.207. The average Bonchev–Trinajstić information content (AvgIpc) is 2.94. The normalized spacial score (nSPS) is 15.1. The molecule has 1 aromatic heterocycles. The van der Waals surface area contributed by atoms with E-state index in [4.69, 9.17) is 0 Å². The molecule has 5 heteroatoms. The molecule has 1 saturated carbocycles. The quantitative estimate of drug-likeness (QED) is 0.781. The fraction of sp³-hybridized carbons (Fsp3) is 0.333. The van der Waals surface area contributed by atoms with Crippen LogP contribution in [0.25, 0.3) is 11.0 Å². The number of allylic oxidation sites excluding steroid dienone is 1. The molecule has 1 heterocycles. The number of hydrogen-bond donors (Lipinski definition) is 3. The monoisotopic (exact) mass is 270 g/mol. The van der Waals surface area contributed by atoms with Crippen LogP contribution in [-0.4, -0.2) is 16.0 Å². The van der Waals surface area contributed by atoms with Crippen molar-refractivity contribution in [1.29, 1.82) is 0 Å². The zero-order chi connectivity index (χ0) is 13.8. The maximum atomic E-state index is 11.8. The summed E-state index contributed by atoms with van der Waals surface area (Å²) >= 11 is 0. The van der Waals surface area contributed by atoms with E-state index in [1.165, 1.54) is 24.8 Å². The molecule has 0 saturated heterocycles. The van der Waals surface area contributed by atoms with Gasteiger partial charge in [-0.3, -0.25) is 0 Å². The smallest absolute Gasteiger partial charge is 0.323 e. The van der Waals surface area contributed by atoms with Gasteiger partial charge < -0.3 is 15.6 Å². The largest absolute Gasteiger partial charge is 0.345 e. The number of nitrogens with zero attached hydrogens (tertiary/aromatic N) is 1. The molecule has 1 aromatic carbocycles. The number of nitrogens with one attached hydrogen (secondary N) is 3. The Morgan fingerprint density at radius 3 is 2.95 bits per heavy atom. The number of hydrogen-bond acceptors (Lipinski definition) is 2. The summed E-state index contributed by atoms with van der Waals surface area (Å²) in [6, 6.07) is 5.38. The summed E-state index contributed by atoms with van der Waals surface area (Å²) in [5, 5.41) is 5.63. The van der Waals surface area contributed by atoms with Crippen LogP contribution in [-0.2, 0) is 0 Å². The van der Waals surface area contributed by atoms with Crippen molar-refractivity contribution >= 4 is 22.8 Å². The molecule has 2 amide bonds. The Morgan fingerprint density at radius 2 is 2.10 bits per heavy atom. The molecule has 3 rings (SSSR count). The minimum Gasteiger partial charge on any atom is -0.345 e. The number of urea groups is 1. The fourth-order valence-corrected chi connectivity index (χ4v) is 2.50. The summed E-state index contributed by atoms with van der Waals surface area (Å²) in [6.07, 6.45) is 9.44.